The molecule has 0 N–H and O–H groups in total. The van der Waals surface area contributed by atoms with Gasteiger partial charge in [0.2, 0.25) is 5.91 Å². The van der Waals surface area contributed by atoms with Gasteiger partial charge in [-0.3, -0.25) is 4.79 Å². The van der Waals surface area contributed by atoms with Crippen molar-refractivity contribution in [2.75, 3.05) is 24.6 Å². The normalized spacial score (nSPS) is 21.1. The van der Waals surface area contributed by atoms with Crippen LogP contribution in [0.2, 0.25) is 0 Å². The average molecular weight is 198 g/mol. The average Bonchev–Trinajstić information content (AvgIpc) is 2.65. The van der Waals surface area contributed by atoms with Crippen molar-refractivity contribution in [2.45, 2.75) is 13.3 Å². The number of rotatable bonds is 3. The van der Waals surface area contributed by atoms with Crippen LogP contribution in [0.1, 0.15) is 13.3 Å². The van der Waals surface area contributed by atoms with Gasteiger partial charge in [-0.2, -0.15) is 17.0 Å². The molecule has 72 valence electrons. The van der Waals surface area contributed by atoms with Gasteiger partial charge in [0.05, 0.1) is 6.07 Å². The maximum Gasteiger partial charge on any atom is 0.227 e. The van der Waals surface area contributed by atoms with Crippen molar-refractivity contribution < 1.29 is 4.79 Å². The summed E-state index contributed by atoms with van der Waals surface area (Å²) in [4.78, 5) is 13.4. The van der Waals surface area contributed by atoms with Crippen LogP contribution in [0.15, 0.2) is 0 Å². The number of hydrogen-bond donors (Lipinski definition) is 0. The molecule has 4 heteroatoms. The molecule has 1 amide bonds. The van der Waals surface area contributed by atoms with Gasteiger partial charge in [-0.15, -0.1) is 0 Å². The largest absolute Gasteiger partial charge is 0.329 e. The van der Waals surface area contributed by atoms with Gasteiger partial charge in [0.1, 0.15) is 6.54 Å². The van der Waals surface area contributed by atoms with E-state index in [1.54, 1.807) is 4.90 Å². The van der Waals surface area contributed by atoms with Crippen LogP contribution in [0, 0.1) is 17.2 Å². The number of carbonyl (C=O) groups is 1. The van der Waals surface area contributed by atoms with E-state index in [0.29, 0.717) is 6.54 Å². The van der Waals surface area contributed by atoms with Crippen LogP contribution in [0.5, 0.6) is 0 Å². The summed E-state index contributed by atoms with van der Waals surface area (Å²) in [6.45, 7) is 2.79. The minimum Gasteiger partial charge on any atom is -0.329 e. The highest BCUT2D eigenvalue weighted by atomic mass is 32.2. The fourth-order valence-electron chi connectivity index (χ4n) is 1.42. The van der Waals surface area contributed by atoms with Crippen molar-refractivity contribution in [3.05, 3.63) is 0 Å². The minimum absolute atomic E-state index is 0.161. The van der Waals surface area contributed by atoms with Gasteiger partial charge >= 0.3 is 0 Å². The number of nitriles is 1. The maximum atomic E-state index is 11.7. The first-order valence-electron chi connectivity index (χ1n) is 4.53. The zero-order valence-corrected chi connectivity index (χ0v) is 8.64. The summed E-state index contributed by atoms with van der Waals surface area (Å²) in [6, 6.07) is 2.02. The smallest absolute Gasteiger partial charge is 0.227 e. The van der Waals surface area contributed by atoms with Crippen LogP contribution in [0.4, 0.5) is 0 Å². The maximum absolute atomic E-state index is 11.7. The summed E-state index contributed by atoms with van der Waals surface area (Å²) < 4.78 is 0. The van der Waals surface area contributed by atoms with E-state index in [4.69, 9.17) is 5.26 Å². The van der Waals surface area contributed by atoms with Gasteiger partial charge in [-0.05, 0) is 19.1 Å². The number of amides is 1. The van der Waals surface area contributed by atoms with E-state index < -0.39 is 0 Å². The molecular formula is C9H14N2OS. The summed E-state index contributed by atoms with van der Waals surface area (Å²) in [7, 11) is 0. The molecule has 0 aliphatic carbocycles. The lowest BCUT2D eigenvalue weighted by Gasteiger charge is -2.20. The SMILES string of the molecule is CCN(CC#N)C(=O)C1CCSC1. The summed E-state index contributed by atoms with van der Waals surface area (Å²) >= 11 is 1.83. The van der Waals surface area contributed by atoms with Crippen molar-refractivity contribution >= 4 is 17.7 Å². The lowest BCUT2D eigenvalue weighted by Crippen LogP contribution is -2.36. The second kappa shape index (κ2) is 5.13. The van der Waals surface area contributed by atoms with Crippen molar-refractivity contribution in [2.24, 2.45) is 5.92 Å². The Bertz CT molecular complexity index is 218. The van der Waals surface area contributed by atoms with E-state index in [0.717, 1.165) is 17.9 Å². The topological polar surface area (TPSA) is 44.1 Å². The van der Waals surface area contributed by atoms with Crippen LogP contribution in [0.25, 0.3) is 0 Å². The molecule has 0 radical (unpaired) electrons. The lowest BCUT2D eigenvalue weighted by molar-refractivity contribution is -0.133. The van der Waals surface area contributed by atoms with Gasteiger partial charge in [0.25, 0.3) is 0 Å². The molecule has 13 heavy (non-hydrogen) atoms. The zero-order chi connectivity index (χ0) is 9.68. The first-order valence-corrected chi connectivity index (χ1v) is 5.68. The number of carbonyl (C=O) groups excluding carboxylic acids is 1. The monoisotopic (exact) mass is 198 g/mol. The van der Waals surface area contributed by atoms with Crippen LogP contribution in [0.3, 0.4) is 0 Å². The Labute approximate surface area is 83.1 Å². The first kappa shape index (κ1) is 10.4. The second-order valence-electron chi connectivity index (χ2n) is 3.07. The Morgan fingerprint density at radius 1 is 1.77 bits per heavy atom. The molecule has 0 saturated carbocycles. The quantitative estimate of drug-likeness (QED) is 0.638. The van der Waals surface area contributed by atoms with Gasteiger partial charge in [-0.1, -0.05) is 0 Å². The highest BCUT2D eigenvalue weighted by molar-refractivity contribution is 7.99. The summed E-state index contributed by atoms with van der Waals surface area (Å²) in [6.07, 6.45) is 0.978. The molecule has 1 unspecified atom stereocenters. The van der Waals surface area contributed by atoms with E-state index in [1.165, 1.54) is 0 Å². The van der Waals surface area contributed by atoms with E-state index in [-0.39, 0.29) is 18.4 Å². The van der Waals surface area contributed by atoms with Crippen molar-refractivity contribution in [3.63, 3.8) is 0 Å². The van der Waals surface area contributed by atoms with E-state index in [2.05, 4.69) is 0 Å². The number of nitrogens with zero attached hydrogens (tertiary/aromatic N) is 2. The predicted molar refractivity (Wildman–Crippen MR) is 53.3 cm³/mol. The van der Waals surface area contributed by atoms with Gasteiger partial charge < -0.3 is 4.90 Å². The van der Waals surface area contributed by atoms with E-state index in [9.17, 15) is 4.79 Å². The molecule has 1 heterocycles. The van der Waals surface area contributed by atoms with Crippen molar-refractivity contribution in [1.82, 2.24) is 4.90 Å². The lowest BCUT2D eigenvalue weighted by atomic mass is 10.1. The summed E-state index contributed by atoms with van der Waals surface area (Å²) in [5.41, 5.74) is 0. The molecule has 1 rings (SSSR count). The molecule has 0 spiro atoms. The van der Waals surface area contributed by atoms with E-state index in [1.807, 2.05) is 24.8 Å². The van der Waals surface area contributed by atoms with Gasteiger partial charge in [-0.25, -0.2) is 0 Å². The third-order valence-corrected chi connectivity index (χ3v) is 3.40. The molecule has 1 saturated heterocycles. The molecule has 1 fully saturated rings. The number of thioether (sulfide) groups is 1. The summed E-state index contributed by atoms with van der Waals surface area (Å²) in [5.74, 6) is 2.34. The Kier molecular flexibility index (Phi) is 4.10. The highest BCUT2D eigenvalue weighted by Crippen LogP contribution is 2.24. The molecule has 1 aliphatic rings. The fraction of sp³-hybridized carbons (Fsp3) is 0.778. The molecule has 1 aliphatic heterocycles. The van der Waals surface area contributed by atoms with Crippen LogP contribution in [-0.2, 0) is 4.79 Å². The van der Waals surface area contributed by atoms with E-state index >= 15 is 0 Å². The van der Waals surface area contributed by atoms with Crippen molar-refractivity contribution in [1.29, 1.82) is 5.26 Å². The van der Waals surface area contributed by atoms with Crippen LogP contribution in [-0.4, -0.2) is 35.4 Å². The molecular weight excluding hydrogens is 184 g/mol. The molecule has 0 aromatic carbocycles. The van der Waals surface area contributed by atoms with Gasteiger partial charge in [0.15, 0.2) is 0 Å². The Hall–Kier alpha value is -0.690. The third kappa shape index (κ3) is 2.63. The standard InChI is InChI=1S/C9H14N2OS/c1-2-11(5-4-10)9(12)8-3-6-13-7-8/h8H,2-3,5-7H2,1H3. The number of hydrogen-bond acceptors (Lipinski definition) is 3. The minimum atomic E-state index is 0.161. The van der Waals surface area contributed by atoms with Crippen LogP contribution < -0.4 is 0 Å². The van der Waals surface area contributed by atoms with Crippen molar-refractivity contribution in [3.8, 4) is 6.07 Å². The molecule has 1 atom stereocenters. The molecule has 3 nitrogen and oxygen atoms in total. The Morgan fingerprint density at radius 3 is 3.00 bits per heavy atom. The zero-order valence-electron chi connectivity index (χ0n) is 7.82. The summed E-state index contributed by atoms with van der Waals surface area (Å²) in [5, 5.41) is 8.51. The molecule has 0 aromatic heterocycles. The first-order chi connectivity index (χ1) is 6.29. The molecule has 0 aromatic rings. The Morgan fingerprint density at radius 2 is 2.54 bits per heavy atom. The third-order valence-electron chi connectivity index (χ3n) is 2.23. The van der Waals surface area contributed by atoms with Gasteiger partial charge in [0, 0.05) is 18.2 Å². The molecule has 0 bridgehead atoms. The Balaban J connectivity index is 2.48. The second-order valence-corrected chi connectivity index (χ2v) is 4.22. The fourth-order valence-corrected chi connectivity index (χ4v) is 2.63. The highest BCUT2D eigenvalue weighted by Gasteiger charge is 2.26. The van der Waals surface area contributed by atoms with Crippen LogP contribution >= 0.6 is 11.8 Å². The predicted octanol–water partition coefficient (Wildman–Crippen LogP) is 1.11.